The molecule has 0 saturated carbocycles. The summed E-state index contributed by atoms with van der Waals surface area (Å²) in [5.74, 6) is 0. The van der Waals surface area contributed by atoms with E-state index in [0.29, 0.717) is 5.56 Å². The molecule has 0 unspecified atom stereocenters. The number of aromatic nitrogens is 1. The molecular weight excluding hydrogens is 701 g/mol. The SMILES string of the molecule is N#Cc1ccc(-c2cc3c(-c4ccc5c6ccccc6c6ccccc6c5c4)cc(-c4ccc5c6ccccc6c6ccccc6c5c4)nc3c3ccccc23)cc1. The topological polar surface area (TPSA) is 36.7 Å². The Morgan fingerprint density at radius 1 is 0.293 bits per heavy atom. The van der Waals surface area contributed by atoms with Crippen LogP contribution in [0.1, 0.15) is 5.56 Å². The van der Waals surface area contributed by atoms with Crippen LogP contribution in [-0.2, 0) is 0 Å². The molecule has 0 atom stereocenters. The normalized spacial score (nSPS) is 11.8. The van der Waals surface area contributed by atoms with Gasteiger partial charge < -0.3 is 0 Å². The van der Waals surface area contributed by atoms with E-state index in [1.165, 1.54) is 64.6 Å². The second kappa shape index (κ2) is 12.6. The average Bonchev–Trinajstić information content (AvgIpc) is 3.31. The molecule has 2 heteroatoms. The molecule has 0 aliphatic rings. The fourth-order valence-corrected chi connectivity index (χ4v) is 9.55. The van der Waals surface area contributed by atoms with Gasteiger partial charge in [0.25, 0.3) is 0 Å². The molecule has 11 aromatic carbocycles. The molecule has 1 aromatic heterocycles. The number of pyridine rings is 1. The minimum Gasteiger partial charge on any atom is -0.247 e. The standard InChI is InChI=1S/C56H32N2/c57-33-34-21-23-35(24-22-34)50-31-54-51(36-25-27-47-42-15-3-1-11-38(42)40-13-5-7-17-44(40)52(47)29-36)32-55(58-56(54)49-20-10-9-19-46(49)50)37-26-28-48-43-16-4-2-12-39(43)41-14-6-8-18-45(41)53(48)30-37/h1-32H. The lowest BCUT2D eigenvalue weighted by atomic mass is 9.88. The van der Waals surface area contributed by atoms with Crippen LogP contribution in [0.5, 0.6) is 0 Å². The monoisotopic (exact) mass is 732 g/mol. The molecule has 0 amide bonds. The molecule has 0 spiro atoms. The van der Waals surface area contributed by atoms with E-state index >= 15 is 0 Å². The highest BCUT2D eigenvalue weighted by Crippen LogP contribution is 2.44. The highest BCUT2D eigenvalue weighted by atomic mass is 14.7. The zero-order valence-electron chi connectivity index (χ0n) is 31.4. The van der Waals surface area contributed by atoms with Gasteiger partial charge in [0.1, 0.15) is 0 Å². The second-order valence-corrected chi connectivity index (χ2v) is 15.3. The molecule has 0 saturated heterocycles. The van der Waals surface area contributed by atoms with E-state index in [4.69, 9.17) is 4.98 Å². The van der Waals surface area contributed by atoms with E-state index < -0.39 is 0 Å². The summed E-state index contributed by atoms with van der Waals surface area (Å²) in [7, 11) is 0. The average molecular weight is 733 g/mol. The number of fused-ring (bicyclic) bond motifs is 15. The van der Waals surface area contributed by atoms with Crippen LogP contribution in [0.4, 0.5) is 0 Å². The number of hydrogen-bond donors (Lipinski definition) is 0. The van der Waals surface area contributed by atoms with Gasteiger partial charge in [0, 0.05) is 16.3 Å². The van der Waals surface area contributed by atoms with Crippen LogP contribution in [0.2, 0.25) is 0 Å². The van der Waals surface area contributed by atoms with Crippen LogP contribution in [0.15, 0.2) is 194 Å². The number of nitriles is 1. The van der Waals surface area contributed by atoms with Crippen LogP contribution in [0.3, 0.4) is 0 Å². The zero-order valence-corrected chi connectivity index (χ0v) is 31.4. The third-order valence-corrected chi connectivity index (χ3v) is 12.2. The molecule has 1 heterocycles. The molecule has 0 radical (unpaired) electrons. The van der Waals surface area contributed by atoms with Crippen molar-refractivity contribution in [3.63, 3.8) is 0 Å². The van der Waals surface area contributed by atoms with Crippen molar-refractivity contribution in [1.82, 2.24) is 4.98 Å². The summed E-state index contributed by atoms with van der Waals surface area (Å²) in [5, 5.41) is 27.9. The maximum Gasteiger partial charge on any atom is 0.0991 e. The fourth-order valence-electron chi connectivity index (χ4n) is 9.55. The molecule has 0 N–H and O–H groups in total. The molecule has 0 bridgehead atoms. The van der Waals surface area contributed by atoms with Crippen molar-refractivity contribution in [2.45, 2.75) is 0 Å². The molecule has 0 aliphatic heterocycles. The summed E-state index contributed by atoms with van der Waals surface area (Å²) >= 11 is 0. The Morgan fingerprint density at radius 2 is 0.672 bits per heavy atom. The first kappa shape index (κ1) is 32.4. The Labute approximate surface area is 334 Å². The maximum absolute atomic E-state index is 9.59. The van der Waals surface area contributed by atoms with Gasteiger partial charge in [-0.05, 0) is 129 Å². The van der Waals surface area contributed by atoms with E-state index in [9.17, 15) is 5.26 Å². The van der Waals surface area contributed by atoms with Crippen molar-refractivity contribution in [3.8, 4) is 39.6 Å². The summed E-state index contributed by atoms with van der Waals surface area (Å²) in [4.78, 5) is 5.58. The van der Waals surface area contributed by atoms with Gasteiger partial charge in [-0.15, -0.1) is 0 Å². The minimum atomic E-state index is 0.646. The van der Waals surface area contributed by atoms with Gasteiger partial charge in [-0.1, -0.05) is 158 Å². The van der Waals surface area contributed by atoms with Crippen LogP contribution in [-0.4, -0.2) is 4.98 Å². The van der Waals surface area contributed by atoms with E-state index in [2.05, 4.69) is 188 Å². The van der Waals surface area contributed by atoms with Crippen molar-refractivity contribution < 1.29 is 0 Å². The van der Waals surface area contributed by atoms with Crippen molar-refractivity contribution in [3.05, 3.63) is 200 Å². The summed E-state index contributed by atoms with van der Waals surface area (Å²) in [5.41, 5.74) is 8.07. The Morgan fingerprint density at radius 3 is 1.17 bits per heavy atom. The second-order valence-electron chi connectivity index (χ2n) is 15.3. The predicted octanol–water partition coefficient (Wildman–Crippen LogP) is 15.2. The van der Waals surface area contributed by atoms with Crippen molar-refractivity contribution in [2.24, 2.45) is 0 Å². The third kappa shape index (κ3) is 4.81. The van der Waals surface area contributed by atoms with Crippen LogP contribution in [0, 0.1) is 11.3 Å². The number of benzene rings is 11. The molecule has 12 rings (SSSR count). The molecule has 0 aliphatic carbocycles. The lowest BCUT2D eigenvalue weighted by molar-refractivity contribution is 1.41. The van der Waals surface area contributed by atoms with Gasteiger partial charge in [-0.25, -0.2) is 4.98 Å². The van der Waals surface area contributed by atoms with Gasteiger partial charge in [0.05, 0.1) is 22.8 Å². The summed E-state index contributed by atoms with van der Waals surface area (Å²) in [6, 6.07) is 72.3. The Kier molecular flexibility index (Phi) is 7.03. The third-order valence-electron chi connectivity index (χ3n) is 12.2. The quantitative estimate of drug-likeness (QED) is 0.170. The van der Waals surface area contributed by atoms with Gasteiger partial charge in [-0.3, -0.25) is 0 Å². The summed E-state index contributed by atoms with van der Waals surface area (Å²) in [6.45, 7) is 0. The Hall–Kier alpha value is -7.86. The Bertz CT molecular complexity index is 3670. The van der Waals surface area contributed by atoms with Gasteiger partial charge in [-0.2, -0.15) is 5.26 Å². The predicted molar refractivity (Wildman–Crippen MR) is 245 cm³/mol. The molecule has 0 fully saturated rings. The first-order valence-electron chi connectivity index (χ1n) is 19.8. The van der Waals surface area contributed by atoms with Crippen molar-refractivity contribution >= 4 is 86.3 Å². The molecule has 12 aromatic rings. The highest BCUT2D eigenvalue weighted by molar-refractivity contribution is 6.27. The lowest BCUT2D eigenvalue weighted by Gasteiger charge is -2.17. The first-order chi connectivity index (χ1) is 28.7. The van der Waals surface area contributed by atoms with E-state index in [0.717, 1.165) is 55.2 Å². The van der Waals surface area contributed by atoms with Crippen LogP contribution >= 0.6 is 0 Å². The smallest absolute Gasteiger partial charge is 0.0991 e. The van der Waals surface area contributed by atoms with E-state index in [-0.39, 0.29) is 0 Å². The summed E-state index contributed by atoms with van der Waals surface area (Å²) in [6.07, 6.45) is 0. The molecule has 266 valence electrons. The number of rotatable bonds is 3. The molecular formula is C56H32N2. The fraction of sp³-hybridized carbons (Fsp3) is 0. The highest BCUT2D eigenvalue weighted by Gasteiger charge is 2.18. The number of hydrogen-bond acceptors (Lipinski definition) is 2. The van der Waals surface area contributed by atoms with E-state index in [1.807, 2.05) is 12.1 Å². The largest absolute Gasteiger partial charge is 0.247 e. The van der Waals surface area contributed by atoms with Crippen molar-refractivity contribution in [1.29, 1.82) is 5.26 Å². The Balaban J connectivity index is 1.19. The van der Waals surface area contributed by atoms with Crippen LogP contribution < -0.4 is 0 Å². The molecule has 2 nitrogen and oxygen atoms in total. The summed E-state index contributed by atoms with van der Waals surface area (Å²) < 4.78 is 0. The van der Waals surface area contributed by atoms with Gasteiger partial charge in [0.15, 0.2) is 0 Å². The molecule has 58 heavy (non-hydrogen) atoms. The zero-order chi connectivity index (χ0) is 38.3. The minimum absolute atomic E-state index is 0.646. The maximum atomic E-state index is 9.59. The van der Waals surface area contributed by atoms with Gasteiger partial charge in [0.2, 0.25) is 0 Å². The van der Waals surface area contributed by atoms with E-state index in [1.54, 1.807) is 0 Å². The van der Waals surface area contributed by atoms with Crippen LogP contribution in [0.25, 0.3) is 120 Å². The lowest BCUT2D eigenvalue weighted by Crippen LogP contribution is -1.94. The van der Waals surface area contributed by atoms with Crippen molar-refractivity contribution in [2.75, 3.05) is 0 Å². The van der Waals surface area contributed by atoms with Gasteiger partial charge >= 0.3 is 0 Å². The number of nitrogens with zero attached hydrogens (tertiary/aromatic N) is 2. The first-order valence-corrected chi connectivity index (χ1v) is 19.8.